The van der Waals surface area contributed by atoms with Gasteiger partial charge in [0.05, 0.1) is 5.69 Å². The molecule has 1 aromatic heterocycles. The summed E-state index contributed by atoms with van der Waals surface area (Å²) in [5, 5.41) is 3.40. The van der Waals surface area contributed by atoms with Crippen molar-refractivity contribution < 1.29 is 0 Å². The third-order valence-electron chi connectivity index (χ3n) is 2.50. The van der Waals surface area contributed by atoms with E-state index >= 15 is 0 Å². The van der Waals surface area contributed by atoms with E-state index in [1.807, 2.05) is 6.92 Å². The zero-order chi connectivity index (χ0) is 11.1. The molecule has 1 heterocycles. The van der Waals surface area contributed by atoms with E-state index in [0.29, 0.717) is 6.04 Å². The van der Waals surface area contributed by atoms with Crippen molar-refractivity contribution in [1.82, 2.24) is 9.97 Å². The summed E-state index contributed by atoms with van der Waals surface area (Å²) in [7, 11) is 0. The molecule has 0 radical (unpaired) electrons. The number of unbranched alkanes of at least 4 members (excludes halogenated alkanes) is 2. The molecule has 3 nitrogen and oxygen atoms in total. The molecule has 1 N–H and O–H groups in total. The number of hydrogen-bond acceptors (Lipinski definition) is 3. The van der Waals surface area contributed by atoms with Gasteiger partial charge in [0, 0.05) is 18.4 Å². The molecule has 1 aromatic rings. The molecule has 3 heteroatoms. The number of aryl methyl sites for hydroxylation is 1. The highest BCUT2D eigenvalue weighted by atomic mass is 15.0. The van der Waals surface area contributed by atoms with Gasteiger partial charge in [0.25, 0.3) is 0 Å². The predicted octanol–water partition coefficient (Wildman–Crippen LogP) is 3.17. The summed E-state index contributed by atoms with van der Waals surface area (Å²) in [5.41, 5.74) is 0.972. The summed E-state index contributed by atoms with van der Waals surface area (Å²) in [6.07, 6.45) is 8.52. The molecule has 0 saturated heterocycles. The summed E-state index contributed by atoms with van der Waals surface area (Å²) in [6, 6.07) is 0.479. The molecule has 0 saturated carbocycles. The standard InChI is InChI=1S/C12H21N3/c1-4-5-6-7-10(2)15-12-11(3)13-8-9-14-12/h8-10H,4-7H2,1-3H3,(H,14,15). The number of nitrogens with zero attached hydrogens (tertiary/aromatic N) is 2. The van der Waals surface area contributed by atoms with Crippen LogP contribution in [-0.2, 0) is 0 Å². The molecule has 0 bridgehead atoms. The Kier molecular flexibility index (Phi) is 5.08. The van der Waals surface area contributed by atoms with E-state index in [1.165, 1.54) is 25.7 Å². The van der Waals surface area contributed by atoms with Gasteiger partial charge in [-0.3, -0.25) is 4.98 Å². The minimum atomic E-state index is 0.479. The van der Waals surface area contributed by atoms with Crippen molar-refractivity contribution >= 4 is 5.82 Å². The lowest BCUT2D eigenvalue weighted by Gasteiger charge is -2.14. The number of rotatable bonds is 6. The average molecular weight is 207 g/mol. The van der Waals surface area contributed by atoms with Crippen LogP contribution >= 0.6 is 0 Å². The van der Waals surface area contributed by atoms with Crippen LogP contribution in [0.15, 0.2) is 12.4 Å². The molecule has 0 aliphatic rings. The molecule has 0 spiro atoms. The van der Waals surface area contributed by atoms with Crippen molar-refractivity contribution in [2.45, 2.75) is 52.5 Å². The molecule has 0 aliphatic heterocycles. The fraction of sp³-hybridized carbons (Fsp3) is 0.667. The fourth-order valence-electron chi connectivity index (χ4n) is 1.56. The zero-order valence-corrected chi connectivity index (χ0v) is 9.95. The first-order valence-corrected chi connectivity index (χ1v) is 5.78. The molecule has 0 aliphatic carbocycles. The van der Waals surface area contributed by atoms with Crippen LogP contribution < -0.4 is 5.32 Å². The molecular formula is C12H21N3. The Balaban J connectivity index is 2.37. The van der Waals surface area contributed by atoms with Crippen molar-refractivity contribution in [3.8, 4) is 0 Å². The Bertz CT molecular complexity index is 286. The van der Waals surface area contributed by atoms with Crippen LogP contribution in [0.5, 0.6) is 0 Å². The smallest absolute Gasteiger partial charge is 0.147 e. The van der Waals surface area contributed by atoms with Gasteiger partial charge in [-0.15, -0.1) is 0 Å². The second-order valence-electron chi connectivity index (χ2n) is 4.03. The summed E-state index contributed by atoms with van der Waals surface area (Å²) in [4.78, 5) is 8.48. The van der Waals surface area contributed by atoms with Crippen LogP contribution in [0.4, 0.5) is 5.82 Å². The van der Waals surface area contributed by atoms with E-state index in [4.69, 9.17) is 0 Å². The fourth-order valence-corrected chi connectivity index (χ4v) is 1.56. The van der Waals surface area contributed by atoms with E-state index in [1.54, 1.807) is 12.4 Å². The zero-order valence-electron chi connectivity index (χ0n) is 9.95. The maximum Gasteiger partial charge on any atom is 0.147 e. The monoisotopic (exact) mass is 207 g/mol. The topological polar surface area (TPSA) is 37.8 Å². The predicted molar refractivity (Wildman–Crippen MR) is 64.0 cm³/mol. The highest BCUT2D eigenvalue weighted by Crippen LogP contribution is 2.11. The van der Waals surface area contributed by atoms with Crippen LogP contribution in [0.25, 0.3) is 0 Å². The molecule has 1 unspecified atom stereocenters. The third kappa shape index (κ3) is 4.28. The van der Waals surface area contributed by atoms with E-state index in [0.717, 1.165) is 11.5 Å². The van der Waals surface area contributed by atoms with Gasteiger partial charge in [0.15, 0.2) is 0 Å². The minimum Gasteiger partial charge on any atom is -0.366 e. The molecule has 0 aromatic carbocycles. The van der Waals surface area contributed by atoms with Gasteiger partial charge >= 0.3 is 0 Å². The molecule has 1 rings (SSSR count). The lowest BCUT2D eigenvalue weighted by Crippen LogP contribution is -2.16. The third-order valence-corrected chi connectivity index (χ3v) is 2.50. The van der Waals surface area contributed by atoms with Crippen molar-refractivity contribution in [3.63, 3.8) is 0 Å². The van der Waals surface area contributed by atoms with Crippen LogP contribution in [0.3, 0.4) is 0 Å². The Morgan fingerprint density at radius 2 is 2.00 bits per heavy atom. The Hall–Kier alpha value is -1.12. The maximum atomic E-state index is 4.27. The van der Waals surface area contributed by atoms with Gasteiger partial charge in [-0.1, -0.05) is 26.2 Å². The lowest BCUT2D eigenvalue weighted by molar-refractivity contribution is 0.613. The van der Waals surface area contributed by atoms with Crippen LogP contribution in [0.1, 0.15) is 45.2 Å². The van der Waals surface area contributed by atoms with E-state index < -0.39 is 0 Å². The SMILES string of the molecule is CCCCCC(C)Nc1nccnc1C. The van der Waals surface area contributed by atoms with Gasteiger partial charge in [-0.25, -0.2) is 4.98 Å². The Labute approximate surface area is 92.3 Å². The Morgan fingerprint density at radius 3 is 2.67 bits per heavy atom. The molecule has 0 amide bonds. The van der Waals surface area contributed by atoms with E-state index in [2.05, 4.69) is 29.1 Å². The number of nitrogens with one attached hydrogen (secondary N) is 1. The van der Waals surface area contributed by atoms with Crippen LogP contribution in [0, 0.1) is 6.92 Å². The van der Waals surface area contributed by atoms with E-state index in [9.17, 15) is 0 Å². The largest absolute Gasteiger partial charge is 0.366 e. The average Bonchev–Trinajstić information content (AvgIpc) is 2.22. The highest BCUT2D eigenvalue weighted by molar-refractivity contribution is 5.38. The molecule has 15 heavy (non-hydrogen) atoms. The minimum absolute atomic E-state index is 0.479. The van der Waals surface area contributed by atoms with Crippen molar-refractivity contribution in [3.05, 3.63) is 18.1 Å². The molecule has 1 atom stereocenters. The second kappa shape index (κ2) is 6.38. The first-order chi connectivity index (χ1) is 7.24. The second-order valence-corrected chi connectivity index (χ2v) is 4.03. The quantitative estimate of drug-likeness (QED) is 0.728. The summed E-state index contributed by atoms with van der Waals surface area (Å²) in [5.74, 6) is 0.918. The highest BCUT2D eigenvalue weighted by Gasteiger charge is 2.04. The number of aromatic nitrogens is 2. The van der Waals surface area contributed by atoms with Crippen molar-refractivity contribution in [1.29, 1.82) is 0 Å². The lowest BCUT2D eigenvalue weighted by atomic mass is 10.1. The normalized spacial score (nSPS) is 12.5. The van der Waals surface area contributed by atoms with Gasteiger partial charge < -0.3 is 5.32 Å². The molecular weight excluding hydrogens is 186 g/mol. The van der Waals surface area contributed by atoms with Crippen molar-refractivity contribution in [2.75, 3.05) is 5.32 Å². The number of hydrogen-bond donors (Lipinski definition) is 1. The van der Waals surface area contributed by atoms with Crippen LogP contribution in [-0.4, -0.2) is 16.0 Å². The first kappa shape index (κ1) is 12.0. The summed E-state index contributed by atoms with van der Waals surface area (Å²) < 4.78 is 0. The van der Waals surface area contributed by atoms with Gasteiger partial charge in [0.2, 0.25) is 0 Å². The maximum absolute atomic E-state index is 4.27. The Morgan fingerprint density at radius 1 is 1.27 bits per heavy atom. The van der Waals surface area contributed by atoms with Gasteiger partial charge in [-0.2, -0.15) is 0 Å². The summed E-state index contributed by atoms with van der Waals surface area (Å²) in [6.45, 7) is 6.41. The first-order valence-electron chi connectivity index (χ1n) is 5.78. The van der Waals surface area contributed by atoms with Crippen molar-refractivity contribution in [2.24, 2.45) is 0 Å². The number of anilines is 1. The van der Waals surface area contributed by atoms with Gasteiger partial charge in [0.1, 0.15) is 5.82 Å². The van der Waals surface area contributed by atoms with Gasteiger partial charge in [-0.05, 0) is 20.3 Å². The van der Waals surface area contributed by atoms with E-state index in [-0.39, 0.29) is 0 Å². The molecule has 0 fully saturated rings. The summed E-state index contributed by atoms with van der Waals surface area (Å²) >= 11 is 0. The molecule has 84 valence electrons. The van der Waals surface area contributed by atoms with Crippen LogP contribution in [0.2, 0.25) is 0 Å².